The van der Waals surface area contributed by atoms with Crippen molar-refractivity contribution in [3.05, 3.63) is 58.6 Å². The van der Waals surface area contributed by atoms with Crippen LogP contribution in [-0.4, -0.2) is 12.9 Å². The van der Waals surface area contributed by atoms with Crippen LogP contribution in [0.15, 0.2) is 42.5 Å². The van der Waals surface area contributed by atoms with E-state index in [0.717, 1.165) is 17.8 Å². The van der Waals surface area contributed by atoms with E-state index in [9.17, 15) is 0 Å². The Bertz CT molecular complexity index is 620. The van der Waals surface area contributed by atoms with Crippen LogP contribution in [0.5, 0.6) is 0 Å². The van der Waals surface area contributed by atoms with Gasteiger partial charge in [0.2, 0.25) is 0 Å². The van der Waals surface area contributed by atoms with Crippen LogP contribution in [0.3, 0.4) is 0 Å². The number of hydrogen-bond acceptors (Lipinski definition) is 2. The molecule has 3 nitrogen and oxygen atoms in total. The Balaban J connectivity index is 2.30. The standard InChI is InChI=1S/C16H18ClN3/c1-3-11-4-6-12(7-5-11)20(2)13-8-9-14(16(18)19)15(17)10-13/h4-10H,3H2,1-2H3,(H3,18,19). The van der Waals surface area contributed by atoms with Crippen molar-refractivity contribution in [3.8, 4) is 0 Å². The Kier molecular flexibility index (Phi) is 4.30. The number of amidine groups is 1. The number of nitrogens with two attached hydrogens (primary N) is 1. The maximum Gasteiger partial charge on any atom is 0.124 e. The van der Waals surface area contributed by atoms with Crippen molar-refractivity contribution in [2.24, 2.45) is 5.73 Å². The lowest BCUT2D eigenvalue weighted by Crippen LogP contribution is -2.13. The number of aryl methyl sites for hydroxylation is 1. The highest BCUT2D eigenvalue weighted by atomic mass is 35.5. The van der Waals surface area contributed by atoms with E-state index in [1.165, 1.54) is 5.56 Å². The van der Waals surface area contributed by atoms with E-state index in [0.29, 0.717) is 10.6 Å². The fourth-order valence-electron chi connectivity index (χ4n) is 2.04. The molecule has 0 amide bonds. The van der Waals surface area contributed by atoms with Gasteiger partial charge < -0.3 is 10.6 Å². The maximum absolute atomic E-state index is 7.44. The summed E-state index contributed by atoms with van der Waals surface area (Å²) < 4.78 is 0. The summed E-state index contributed by atoms with van der Waals surface area (Å²) >= 11 is 6.16. The second-order valence-electron chi connectivity index (χ2n) is 4.66. The van der Waals surface area contributed by atoms with Crippen LogP contribution >= 0.6 is 11.6 Å². The van der Waals surface area contributed by atoms with Gasteiger partial charge in [0.25, 0.3) is 0 Å². The molecule has 0 aliphatic carbocycles. The molecule has 0 heterocycles. The molecule has 0 saturated heterocycles. The van der Waals surface area contributed by atoms with Gasteiger partial charge in [-0.3, -0.25) is 5.41 Å². The third-order valence-corrected chi connectivity index (χ3v) is 3.67. The van der Waals surface area contributed by atoms with Crippen molar-refractivity contribution >= 4 is 28.8 Å². The monoisotopic (exact) mass is 287 g/mol. The molecule has 0 radical (unpaired) electrons. The summed E-state index contributed by atoms with van der Waals surface area (Å²) in [6.07, 6.45) is 1.03. The lowest BCUT2D eigenvalue weighted by atomic mass is 10.1. The summed E-state index contributed by atoms with van der Waals surface area (Å²) in [5.41, 5.74) is 9.40. The molecule has 0 aliphatic rings. The van der Waals surface area contributed by atoms with Crippen LogP contribution in [-0.2, 0) is 6.42 Å². The summed E-state index contributed by atoms with van der Waals surface area (Å²) in [7, 11) is 1.99. The number of halogens is 1. The predicted molar refractivity (Wildman–Crippen MR) is 86.4 cm³/mol. The zero-order valence-corrected chi connectivity index (χ0v) is 12.4. The number of anilines is 2. The first-order valence-corrected chi connectivity index (χ1v) is 6.87. The van der Waals surface area contributed by atoms with Crippen molar-refractivity contribution in [2.75, 3.05) is 11.9 Å². The summed E-state index contributed by atoms with van der Waals surface area (Å²) in [6.45, 7) is 2.14. The number of nitrogens with zero attached hydrogens (tertiary/aromatic N) is 1. The molecule has 0 atom stereocenters. The molecule has 2 rings (SSSR count). The number of nitrogen functional groups attached to an aromatic ring is 1. The second kappa shape index (κ2) is 5.97. The Hall–Kier alpha value is -2.00. The fraction of sp³-hybridized carbons (Fsp3) is 0.188. The van der Waals surface area contributed by atoms with Gasteiger partial charge in [-0.25, -0.2) is 0 Å². The minimum atomic E-state index is -0.0171. The molecule has 0 aliphatic heterocycles. The molecule has 0 fully saturated rings. The summed E-state index contributed by atoms with van der Waals surface area (Å²) in [5, 5.41) is 7.94. The molecule has 0 spiro atoms. The highest BCUT2D eigenvalue weighted by Gasteiger charge is 2.08. The predicted octanol–water partition coefficient (Wildman–Crippen LogP) is 3.95. The largest absolute Gasteiger partial charge is 0.384 e. The average molecular weight is 288 g/mol. The van der Waals surface area contributed by atoms with Gasteiger partial charge in [-0.1, -0.05) is 30.7 Å². The van der Waals surface area contributed by atoms with Crippen LogP contribution in [0.4, 0.5) is 11.4 Å². The molecule has 0 bridgehead atoms. The molecule has 3 N–H and O–H groups in total. The Labute approximate surface area is 124 Å². The van der Waals surface area contributed by atoms with Gasteiger partial charge in [0.05, 0.1) is 5.02 Å². The fourth-order valence-corrected chi connectivity index (χ4v) is 2.31. The minimum absolute atomic E-state index is 0.0171. The quantitative estimate of drug-likeness (QED) is 0.661. The lowest BCUT2D eigenvalue weighted by Gasteiger charge is -2.20. The van der Waals surface area contributed by atoms with Crippen LogP contribution in [0.2, 0.25) is 5.02 Å². The molecule has 2 aromatic rings. The van der Waals surface area contributed by atoms with Crippen LogP contribution in [0.25, 0.3) is 0 Å². The van der Waals surface area contributed by atoms with Crippen molar-refractivity contribution in [1.82, 2.24) is 0 Å². The maximum atomic E-state index is 7.44. The van der Waals surface area contributed by atoms with Gasteiger partial charge in [-0.05, 0) is 42.3 Å². The normalized spacial score (nSPS) is 10.3. The van der Waals surface area contributed by atoms with Gasteiger partial charge in [-0.2, -0.15) is 0 Å². The van der Waals surface area contributed by atoms with E-state index in [2.05, 4.69) is 36.1 Å². The number of nitrogens with one attached hydrogen (secondary N) is 1. The van der Waals surface area contributed by atoms with E-state index in [1.807, 2.05) is 19.2 Å². The summed E-state index contributed by atoms with van der Waals surface area (Å²) in [6, 6.07) is 13.9. The smallest absolute Gasteiger partial charge is 0.124 e. The zero-order valence-electron chi connectivity index (χ0n) is 11.7. The van der Waals surface area contributed by atoms with Crippen LogP contribution in [0, 0.1) is 5.41 Å². The van der Waals surface area contributed by atoms with Gasteiger partial charge in [0.15, 0.2) is 0 Å². The van der Waals surface area contributed by atoms with E-state index < -0.39 is 0 Å². The Morgan fingerprint density at radius 1 is 1.15 bits per heavy atom. The average Bonchev–Trinajstić information content (AvgIpc) is 2.46. The van der Waals surface area contributed by atoms with Crippen LogP contribution in [0.1, 0.15) is 18.1 Å². The highest BCUT2D eigenvalue weighted by molar-refractivity contribution is 6.34. The molecular formula is C16H18ClN3. The Morgan fingerprint density at radius 3 is 2.25 bits per heavy atom. The van der Waals surface area contributed by atoms with Crippen LogP contribution < -0.4 is 10.6 Å². The molecule has 2 aromatic carbocycles. The van der Waals surface area contributed by atoms with E-state index in [4.69, 9.17) is 22.7 Å². The highest BCUT2D eigenvalue weighted by Crippen LogP contribution is 2.28. The number of rotatable bonds is 4. The van der Waals surface area contributed by atoms with Crippen molar-refractivity contribution < 1.29 is 0 Å². The molecule has 20 heavy (non-hydrogen) atoms. The molecule has 0 unspecified atom stereocenters. The summed E-state index contributed by atoms with van der Waals surface area (Å²) in [5.74, 6) is -0.0171. The van der Waals surface area contributed by atoms with E-state index in [-0.39, 0.29) is 5.84 Å². The third-order valence-electron chi connectivity index (χ3n) is 3.36. The van der Waals surface area contributed by atoms with Gasteiger partial charge in [0, 0.05) is 24.0 Å². The molecular weight excluding hydrogens is 270 g/mol. The molecule has 0 saturated carbocycles. The third kappa shape index (κ3) is 2.94. The SMILES string of the molecule is CCc1ccc(N(C)c2ccc(C(=N)N)c(Cl)c2)cc1. The second-order valence-corrected chi connectivity index (χ2v) is 5.06. The van der Waals surface area contributed by atoms with Crippen molar-refractivity contribution in [2.45, 2.75) is 13.3 Å². The molecule has 104 valence electrons. The van der Waals surface area contributed by atoms with Gasteiger partial charge in [-0.15, -0.1) is 0 Å². The molecule has 4 heteroatoms. The first-order valence-electron chi connectivity index (χ1n) is 6.49. The van der Waals surface area contributed by atoms with Crippen molar-refractivity contribution in [1.29, 1.82) is 5.41 Å². The summed E-state index contributed by atoms with van der Waals surface area (Å²) in [4.78, 5) is 2.05. The number of hydrogen-bond donors (Lipinski definition) is 2. The first kappa shape index (κ1) is 14.4. The Morgan fingerprint density at radius 2 is 1.75 bits per heavy atom. The number of benzene rings is 2. The molecule has 0 aromatic heterocycles. The van der Waals surface area contributed by atoms with Gasteiger partial charge in [0.1, 0.15) is 5.84 Å². The first-order chi connectivity index (χ1) is 9.52. The van der Waals surface area contributed by atoms with Crippen molar-refractivity contribution in [3.63, 3.8) is 0 Å². The lowest BCUT2D eigenvalue weighted by molar-refractivity contribution is 1.13. The van der Waals surface area contributed by atoms with E-state index in [1.54, 1.807) is 6.07 Å². The minimum Gasteiger partial charge on any atom is -0.384 e. The zero-order chi connectivity index (χ0) is 14.7. The van der Waals surface area contributed by atoms with Gasteiger partial charge >= 0.3 is 0 Å². The van der Waals surface area contributed by atoms with E-state index >= 15 is 0 Å². The topological polar surface area (TPSA) is 53.1 Å².